The highest BCUT2D eigenvalue weighted by atomic mass is 32.1. The first-order valence-electron chi connectivity index (χ1n) is 25.4. The fourth-order valence-corrected chi connectivity index (χ4v) is 12.0. The number of hydrogen-bond donors (Lipinski definition) is 3. The Kier molecular flexibility index (Phi) is 13.6. The van der Waals surface area contributed by atoms with Gasteiger partial charge < -0.3 is 24.4 Å². The molecule has 16 nitrogen and oxygen atoms in total. The Balaban J connectivity index is 0.657. The molecule has 6 heterocycles. The number of carbonyl (C=O) groups is 4. The van der Waals surface area contributed by atoms with Gasteiger partial charge in [-0.2, -0.15) is 5.10 Å². The Labute approximate surface area is 427 Å². The van der Waals surface area contributed by atoms with Gasteiger partial charge in [-0.25, -0.2) is 14.8 Å². The summed E-state index contributed by atoms with van der Waals surface area (Å²) in [5, 5.41) is 22.3. The minimum absolute atomic E-state index is 0.0322. The van der Waals surface area contributed by atoms with Gasteiger partial charge in [-0.1, -0.05) is 59.9 Å². The van der Waals surface area contributed by atoms with Crippen molar-refractivity contribution in [2.75, 3.05) is 67.6 Å². The van der Waals surface area contributed by atoms with Gasteiger partial charge in [0.1, 0.15) is 11.6 Å². The highest BCUT2D eigenvalue weighted by molar-refractivity contribution is 7.22. The van der Waals surface area contributed by atoms with Crippen LogP contribution in [-0.4, -0.2) is 112 Å². The number of carbonyl (C=O) groups excluding carboxylic acids is 3. The molecular weight excluding hydrogens is 943 g/mol. The number of aromatic nitrogens is 4. The summed E-state index contributed by atoms with van der Waals surface area (Å²) < 4.78 is 15.8. The Morgan fingerprint density at radius 1 is 0.836 bits per heavy atom. The molecule has 1 unspecified atom stereocenters. The van der Waals surface area contributed by atoms with E-state index in [1.54, 1.807) is 0 Å². The van der Waals surface area contributed by atoms with Gasteiger partial charge in [0.2, 0.25) is 11.8 Å². The van der Waals surface area contributed by atoms with Crippen molar-refractivity contribution in [3.05, 3.63) is 125 Å². The van der Waals surface area contributed by atoms with Crippen molar-refractivity contribution in [3.63, 3.8) is 0 Å². The number of fused-ring (bicyclic) bond motifs is 3. The molecule has 11 rings (SSSR count). The van der Waals surface area contributed by atoms with E-state index >= 15 is 0 Å². The summed E-state index contributed by atoms with van der Waals surface area (Å²) in [6, 6.07) is 29.3. The van der Waals surface area contributed by atoms with Gasteiger partial charge in [0.05, 0.1) is 45.7 Å². The number of thiazole rings is 1. The van der Waals surface area contributed by atoms with Gasteiger partial charge in [0, 0.05) is 82.4 Å². The van der Waals surface area contributed by atoms with Crippen molar-refractivity contribution in [2.45, 2.75) is 70.4 Å². The van der Waals surface area contributed by atoms with Crippen LogP contribution >= 0.6 is 11.3 Å². The second kappa shape index (κ2) is 20.7. The van der Waals surface area contributed by atoms with E-state index in [1.807, 2.05) is 108 Å². The zero-order valence-electron chi connectivity index (χ0n) is 41.1. The molecule has 376 valence electrons. The third-order valence-corrected chi connectivity index (χ3v) is 16.1. The summed E-state index contributed by atoms with van der Waals surface area (Å²) in [7, 11) is 1.93. The average Bonchev–Trinajstić information content (AvgIpc) is 3.98. The zero-order chi connectivity index (χ0) is 50.2. The summed E-state index contributed by atoms with van der Waals surface area (Å²) in [4.78, 5) is 67.3. The number of anilines is 3. The molecule has 4 aliphatic rings. The first kappa shape index (κ1) is 48.1. The van der Waals surface area contributed by atoms with Gasteiger partial charge >= 0.3 is 5.97 Å². The second-order valence-corrected chi connectivity index (χ2v) is 20.7. The van der Waals surface area contributed by atoms with Crippen LogP contribution in [0.25, 0.3) is 32.2 Å². The average molecular weight is 1000 g/mol. The van der Waals surface area contributed by atoms with E-state index in [2.05, 4.69) is 31.5 Å². The van der Waals surface area contributed by atoms with Crippen LogP contribution in [0.5, 0.6) is 5.75 Å². The van der Waals surface area contributed by atoms with Gasteiger partial charge in [-0.3, -0.25) is 34.6 Å². The molecule has 73 heavy (non-hydrogen) atoms. The summed E-state index contributed by atoms with van der Waals surface area (Å²) in [5.41, 5.74) is 8.37. The highest BCUT2D eigenvalue weighted by Crippen LogP contribution is 2.38. The summed E-state index contributed by atoms with van der Waals surface area (Å²) in [6.45, 7) is 8.90. The number of aryl methyl sites for hydroxylation is 1. The molecule has 0 radical (unpaired) electrons. The predicted octanol–water partition coefficient (Wildman–Crippen LogP) is 8.36. The normalized spacial score (nSPS) is 19.5. The second-order valence-electron chi connectivity index (χ2n) is 19.7. The van der Waals surface area contributed by atoms with Crippen LogP contribution < -0.4 is 25.2 Å². The van der Waals surface area contributed by atoms with Gasteiger partial charge in [-0.15, -0.1) is 0 Å². The van der Waals surface area contributed by atoms with E-state index in [9.17, 15) is 24.3 Å². The Morgan fingerprint density at radius 2 is 1.64 bits per heavy atom. The fourth-order valence-electron chi connectivity index (χ4n) is 11.2. The van der Waals surface area contributed by atoms with Crippen LogP contribution in [0, 0.1) is 12.8 Å². The molecule has 3 amide bonds. The van der Waals surface area contributed by atoms with Crippen LogP contribution in [0.2, 0.25) is 0 Å². The first-order chi connectivity index (χ1) is 35.5. The number of ether oxygens (including phenoxy) is 2. The molecule has 3 aromatic heterocycles. The lowest BCUT2D eigenvalue weighted by molar-refractivity contribution is -0.134. The number of nitrogens with one attached hydrogen (secondary N) is 2. The van der Waals surface area contributed by atoms with Crippen molar-refractivity contribution < 1.29 is 33.8 Å². The topological polar surface area (TPSA) is 184 Å². The maximum absolute atomic E-state index is 13.7. The summed E-state index contributed by atoms with van der Waals surface area (Å²) in [6.07, 6.45) is 5.39. The molecule has 3 aliphatic heterocycles. The van der Waals surface area contributed by atoms with Crippen molar-refractivity contribution in [1.29, 1.82) is 0 Å². The number of para-hydroxylation sites is 2. The molecule has 17 heteroatoms. The minimum atomic E-state index is -1.11. The standard InChI is InChI=1S/C56H59N9O7S/c1-34-38(39-20-22-48(58-51(39)55(69)70)65-25-24-36-8-5-10-40(43(36)32-65)53(67)60-56-57-44-12-3-4-15-47(44)73-56)9-7-14-46(34)72-37-18-16-35(17-19-37)33-71-31-30-63-26-28-64(29-27-63)45-13-6-11-41-50(61-62(2)52(41)45)42-21-23-49(66)59-54(42)68/h3-15,20,22,35,37,42H,16-19,21,23-33H2,1-2H3,(H,69,70)(H,57,60,67)(H,59,66,68). The van der Waals surface area contributed by atoms with E-state index < -0.39 is 11.9 Å². The number of aromatic carboxylic acids is 1. The van der Waals surface area contributed by atoms with Crippen molar-refractivity contribution in [1.82, 2.24) is 30.0 Å². The van der Waals surface area contributed by atoms with Gasteiger partial charge in [0.25, 0.3) is 5.91 Å². The monoisotopic (exact) mass is 1000 g/mol. The highest BCUT2D eigenvalue weighted by Gasteiger charge is 2.33. The number of hydrogen-bond acceptors (Lipinski definition) is 13. The molecule has 1 aliphatic carbocycles. The number of carboxylic acid groups (broad SMARTS) is 1. The first-order valence-corrected chi connectivity index (χ1v) is 26.2. The molecule has 1 saturated carbocycles. The Hall–Kier alpha value is -7.21. The number of carboxylic acids is 1. The molecule has 2 saturated heterocycles. The van der Waals surface area contributed by atoms with Gasteiger partial charge in [-0.05, 0) is 116 Å². The number of piperazine rings is 1. The van der Waals surface area contributed by atoms with E-state index in [-0.39, 0.29) is 29.5 Å². The summed E-state index contributed by atoms with van der Waals surface area (Å²) in [5.74, 6) is -0.510. The largest absolute Gasteiger partial charge is 0.490 e. The van der Waals surface area contributed by atoms with Gasteiger partial charge in [0.15, 0.2) is 10.8 Å². The third-order valence-electron chi connectivity index (χ3n) is 15.2. The lowest BCUT2D eigenvalue weighted by Crippen LogP contribution is -2.47. The molecule has 0 bridgehead atoms. The molecule has 1 atom stereocenters. The molecule has 7 aromatic rings. The Bertz CT molecular complexity index is 3210. The van der Waals surface area contributed by atoms with Crippen LogP contribution in [0.4, 0.5) is 16.6 Å². The fraction of sp³-hybridized carbons (Fsp3) is 0.375. The van der Waals surface area contributed by atoms with E-state index in [4.69, 9.17) is 19.6 Å². The van der Waals surface area contributed by atoms with Crippen LogP contribution in [0.15, 0.2) is 91.0 Å². The molecule has 3 fully saturated rings. The molecular formula is C56H59N9O7S. The zero-order valence-corrected chi connectivity index (χ0v) is 42.0. The van der Waals surface area contributed by atoms with Crippen LogP contribution in [-0.2, 0) is 34.3 Å². The smallest absolute Gasteiger partial charge is 0.355 e. The number of amides is 3. The van der Waals surface area contributed by atoms with E-state index in [0.29, 0.717) is 67.0 Å². The van der Waals surface area contributed by atoms with Crippen LogP contribution in [0.3, 0.4) is 0 Å². The maximum atomic E-state index is 13.7. The minimum Gasteiger partial charge on any atom is -0.490 e. The number of benzene rings is 4. The molecule has 4 aromatic carbocycles. The Morgan fingerprint density at radius 3 is 2.45 bits per heavy atom. The number of nitrogens with zero attached hydrogens (tertiary/aromatic N) is 7. The SMILES string of the molecule is Cc1c(OC2CCC(COCCN3CCN(c4cccc5c(C6CCC(=O)NC6=O)nn(C)c45)CC3)CC2)cccc1-c1ccc(N2CCc3cccc(C(=O)Nc4nc5ccccc5s4)c3C2)nc1C(=O)O. The lowest BCUT2D eigenvalue weighted by atomic mass is 9.88. The number of imide groups is 1. The van der Waals surface area contributed by atoms with E-state index in [1.165, 1.54) is 11.3 Å². The van der Waals surface area contributed by atoms with E-state index in [0.717, 1.165) is 126 Å². The molecule has 3 N–H and O–H groups in total. The predicted molar refractivity (Wildman–Crippen MR) is 282 cm³/mol. The number of rotatable bonds is 14. The maximum Gasteiger partial charge on any atom is 0.355 e. The lowest BCUT2D eigenvalue weighted by Gasteiger charge is -2.36. The van der Waals surface area contributed by atoms with Crippen molar-refractivity contribution in [3.8, 4) is 16.9 Å². The van der Waals surface area contributed by atoms with Crippen LogP contribution in [0.1, 0.15) is 87.7 Å². The molecule has 0 spiro atoms. The van der Waals surface area contributed by atoms with Crippen molar-refractivity contribution in [2.24, 2.45) is 13.0 Å². The van der Waals surface area contributed by atoms with Crippen molar-refractivity contribution >= 4 is 72.8 Å². The third kappa shape index (κ3) is 10.0. The summed E-state index contributed by atoms with van der Waals surface area (Å²) >= 11 is 1.43. The number of piperidine rings is 1. The quantitative estimate of drug-likeness (QED) is 0.0699. The number of pyridine rings is 1.